The molecule has 1 atom stereocenters. The molecule has 1 rings (SSSR count). The Morgan fingerprint density at radius 2 is 2.13 bits per heavy atom. The van der Waals surface area contributed by atoms with Crippen LogP contribution in [-0.2, 0) is 22.3 Å². The van der Waals surface area contributed by atoms with E-state index in [0.717, 1.165) is 37.3 Å². The molecule has 0 amide bonds. The summed E-state index contributed by atoms with van der Waals surface area (Å²) in [5.41, 5.74) is 2.50. The van der Waals surface area contributed by atoms with Crippen molar-refractivity contribution in [2.75, 3.05) is 0 Å². The Balaban J connectivity index is 2.93. The molecule has 0 bridgehead atoms. The maximum atomic E-state index is 11.1. The Morgan fingerprint density at radius 1 is 1.40 bits per heavy atom. The minimum absolute atomic E-state index is 0.109. The molecule has 1 aromatic carbocycles. The van der Waals surface area contributed by atoms with E-state index in [9.17, 15) is 4.21 Å². The second-order valence-electron chi connectivity index (χ2n) is 3.68. The molecule has 1 nitrogen and oxygen atoms in total. The molecule has 1 unspecified atom stereocenters. The van der Waals surface area contributed by atoms with Gasteiger partial charge in [0.05, 0.1) is 0 Å². The van der Waals surface area contributed by atoms with Crippen molar-refractivity contribution in [2.45, 2.75) is 37.9 Å². The zero-order valence-electron chi connectivity index (χ0n) is 9.24. The van der Waals surface area contributed by atoms with Crippen LogP contribution in [0.2, 0.25) is 0 Å². The molecule has 2 heteroatoms. The van der Waals surface area contributed by atoms with Crippen molar-refractivity contribution < 1.29 is 4.21 Å². The predicted molar refractivity (Wildman–Crippen MR) is 65.8 cm³/mol. The summed E-state index contributed by atoms with van der Waals surface area (Å²) in [6, 6.07) is 8.24. The Kier molecular flexibility index (Phi) is 5.48. The van der Waals surface area contributed by atoms with Gasteiger partial charge in [-0.2, -0.15) is 0 Å². The van der Waals surface area contributed by atoms with E-state index in [4.69, 9.17) is 0 Å². The van der Waals surface area contributed by atoms with Gasteiger partial charge in [-0.15, -0.1) is 0 Å². The third kappa shape index (κ3) is 3.38. The first-order chi connectivity index (χ1) is 7.33. The number of rotatable bonds is 6. The highest BCUT2D eigenvalue weighted by Crippen LogP contribution is 2.25. The first-order valence-electron chi connectivity index (χ1n) is 5.49. The van der Waals surface area contributed by atoms with E-state index in [1.165, 1.54) is 11.1 Å². The van der Waals surface area contributed by atoms with E-state index in [1.54, 1.807) is 0 Å². The fourth-order valence-electron chi connectivity index (χ4n) is 1.78. The van der Waals surface area contributed by atoms with Crippen molar-refractivity contribution in [2.24, 2.45) is 0 Å². The summed E-state index contributed by atoms with van der Waals surface area (Å²) in [7, 11) is 0. The second-order valence-corrected chi connectivity index (χ2v) is 4.44. The maximum Gasteiger partial charge on any atom is 0.467 e. The Labute approximate surface area is 96.4 Å². The van der Waals surface area contributed by atoms with Crippen LogP contribution in [0.5, 0.6) is 0 Å². The molecular weight excluding hydrogens is 204 g/mol. The molecule has 0 aliphatic carbocycles. The van der Waals surface area contributed by atoms with Crippen LogP contribution in [0.15, 0.2) is 24.3 Å². The molecule has 15 heavy (non-hydrogen) atoms. The number of aryl methyl sites for hydroxylation is 1. The molecule has 0 aliphatic rings. The van der Waals surface area contributed by atoms with E-state index in [0.29, 0.717) is 0 Å². The zero-order chi connectivity index (χ0) is 11.1. The summed E-state index contributed by atoms with van der Waals surface area (Å²) in [5, 5.41) is 0.109. The molecule has 1 aromatic rings. The lowest BCUT2D eigenvalue weighted by Crippen LogP contribution is -2.01. The van der Waals surface area contributed by atoms with Crippen LogP contribution < -0.4 is 0 Å². The topological polar surface area (TPSA) is 17.1 Å². The third-order valence-electron chi connectivity index (χ3n) is 2.52. The Morgan fingerprint density at radius 3 is 2.73 bits per heavy atom. The van der Waals surface area contributed by atoms with Crippen LogP contribution in [0.1, 0.15) is 42.6 Å². The summed E-state index contributed by atoms with van der Waals surface area (Å²) in [5.74, 6) is 0. The molecule has 81 valence electrons. The van der Waals surface area contributed by atoms with Crippen molar-refractivity contribution in [3.8, 4) is 0 Å². The average Bonchev–Trinajstić information content (AvgIpc) is 2.27. The minimum Gasteiger partial charge on any atom is -0.0652 e. The quantitative estimate of drug-likeness (QED) is 0.670. The van der Waals surface area contributed by atoms with Gasteiger partial charge in [0.15, 0.2) is 0 Å². The number of benzene rings is 1. The molecule has 0 saturated heterocycles. The lowest BCUT2D eigenvalue weighted by Gasteiger charge is -2.07. The fourth-order valence-corrected chi connectivity index (χ4v) is 2.45. The van der Waals surface area contributed by atoms with Crippen molar-refractivity contribution in [1.29, 1.82) is 0 Å². The molecule has 1 radical (unpaired) electrons. The highest BCUT2D eigenvalue weighted by molar-refractivity contribution is 7.65. The molecule has 0 fully saturated rings. The molecule has 0 saturated carbocycles. The molecule has 0 spiro atoms. The lowest BCUT2D eigenvalue weighted by molar-refractivity contribution is 0.593. The summed E-state index contributed by atoms with van der Waals surface area (Å²) in [6.07, 6.45) is 3.87. The first kappa shape index (κ1) is 12.3. The van der Waals surface area contributed by atoms with Crippen LogP contribution in [0, 0.1) is 6.92 Å². The van der Waals surface area contributed by atoms with Gasteiger partial charge >= 0.3 is 11.7 Å². The highest BCUT2D eigenvalue weighted by Gasteiger charge is 2.24. The number of hydrogen-bond donors (Lipinski definition) is 0. The van der Waals surface area contributed by atoms with Gasteiger partial charge in [-0.3, -0.25) is 0 Å². The molecule has 0 N–H and O–H groups in total. The minimum atomic E-state index is 0.109. The van der Waals surface area contributed by atoms with Gasteiger partial charge in [0.1, 0.15) is 0 Å². The van der Waals surface area contributed by atoms with Gasteiger partial charge in [-0.25, -0.2) is 0 Å². The van der Waals surface area contributed by atoms with Gasteiger partial charge in [0.25, 0.3) is 5.25 Å². The zero-order valence-corrected chi connectivity index (χ0v) is 10.1. The SMILES string of the molecule is [CH2]CCc1ccccc1C(CCC)[S+]=O. The van der Waals surface area contributed by atoms with Crippen molar-refractivity contribution >= 4 is 11.7 Å². The van der Waals surface area contributed by atoms with E-state index in [-0.39, 0.29) is 5.25 Å². The maximum absolute atomic E-state index is 11.1. The summed E-state index contributed by atoms with van der Waals surface area (Å²) in [6.45, 7) is 5.99. The predicted octanol–water partition coefficient (Wildman–Crippen LogP) is 3.72. The summed E-state index contributed by atoms with van der Waals surface area (Å²) >= 11 is 0.717. The van der Waals surface area contributed by atoms with E-state index < -0.39 is 0 Å². The monoisotopic (exact) mass is 222 g/mol. The standard InChI is InChI=1S/C13H18OS/c1-3-7-11-9-5-6-10-12(11)13(15-14)8-4-2/h5-6,9-10,13H,1,3-4,7-8H2,2H3/q+1. The summed E-state index contributed by atoms with van der Waals surface area (Å²) in [4.78, 5) is 0. The smallest absolute Gasteiger partial charge is 0.0652 e. The van der Waals surface area contributed by atoms with Gasteiger partial charge in [-0.05, 0) is 18.4 Å². The van der Waals surface area contributed by atoms with Crippen molar-refractivity contribution in [3.63, 3.8) is 0 Å². The largest absolute Gasteiger partial charge is 0.467 e. The fraction of sp³-hybridized carbons (Fsp3) is 0.462. The van der Waals surface area contributed by atoms with E-state index >= 15 is 0 Å². The van der Waals surface area contributed by atoms with Crippen LogP contribution >= 0.6 is 0 Å². The molecule has 0 heterocycles. The van der Waals surface area contributed by atoms with Crippen LogP contribution in [-0.4, -0.2) is 0 Å². The van der Waals surface area contributed by atoms with E-state index in [2.05, 4.69) is 26.0 Å². The number of hydrogen-bond acceptors (Lipinski definition) is 1. The van der Waals surface area contributed by atoms with Gasteiger partial charge < -0.3 is 0 Å². The van der Waals surface area contributed by atoms with Gasteiger partial charge in [-0.1, -0.05) is 44.5 Å². The van der Waals surface area contributed by atoms with Gasteiger partial charge in [0.2, 0.25) is 0 Å². The normalized spacial score (nSPS) is 12.4. The van der Waals surface area contributed by atoms with E-state index in [1.807, 2.05) is 12.1 Å². The van der Waals surface area contributed by atoms with Crippen LogP contribution in [0.25, 0.3) is 0 Å². The van der Waals surface area contributed by atoms with Crippen LogP contribution in [0.3, 0.4) is 0 Å². The van der Waals surface area contributed by atoms with Crippen molar-refractivity contribution in [3.05, 3.63) is 42.3 Å². The first-order valence-corrected chi connectivity index (χ1v) is 6.29. The molecular formula is C13H18OS+. The third-order valence-corrected chi connectivity index (χ3v) is 3.24. The lowest BCUT2D eigenvalue weighted by atomic mass is 9.98. The highest BCUT2D eigenvalue weighted by atomic mass is 32.1. The average molecular weight is 222 g/mol. The Hall–Kier alpha value is -0.760. The summed E-state index contributed by atoms with van der Waals surface area (Å²) < 4.78 is 11.1. The molecule has 0 aliphatic heterocycles. The van der Waals surface area contributed by atoms with Crippen LogP contribution in [0.4, 0.5) is 0 Å². The van der Waals surface area contributed by atoms with Crippen molar-refractivity contribution in [1.82, 2.24) is 0 Å². The molecule has 0 aromatic heterocycles. The van der Waals surface area contributed by atoms with Gasteiger partial charge in [0, 0.05) is 16.2 Å². The second kappa shape index (κ2) is 6.67. The Bertz CT molecular complexity index is 309.